The van der Waals surface area contributed by atoms with Crippen LogP contribution in [-0.2, 0) is 0 Å². The lowest BCUT2D eigenvalue weighted by Gasteiger charge is -2.13. The maximum atomic E-state index is 2.37. The van der Waals surface area contributed by atoms with Crippen LogP contribution in [0.4, 0.5) is 0 Å². The van der Waals surface area contributed by atoms with Gasteiger partial charge in [0.05, 0.1) is 0 Å². The molecule has 214 valence electrons. The number of hydrogen-bond donors (Lipinski definition) is 0. The van der Waals surface area contributed by atoms with Gasteiger partial charge in [-0.1, -0.05) is 146 Å². The Hall–Kier alpha value is -5.98. The molecular weight excluding hydrogens is 553 g/mol. The highest BCUT2D eigenvalue weighted by molar-refractivity contribution is 6.25. The minimum atomic E-state index is 1.22. The molecule has 9 rings (SSSR count). The summed E-state index contributed by atoms with van der Waals surface area (Å²) in [6.07, 6.45) is 0. The highest BCUT2D eigenvalue weighted by Crippen LogP contribution is 2.38. The molecule has 9 aromatic carbocycles. The van der Waals surface area contributed by atoms with Gasteiger partial charge in [-0.2, -0.15) is 0 Å². The molecule has 0 aliphatic heterocycles. The Morgan fingerprint density at radius 3 is 1.02 bits per heavy atom. The summed E-state index contributed by atoms with van der Waals surface area (Å²) in [6, 6.07) is 66.5. The molecule has 0 saturated heterocycles. The molecule has 0 amide bonds. The zero-order valence-corrected chi connectivity index (χ0v) is 25.3. The Labute approximate surface area is 268 Å². The fourth-order valence-electron chi connectivity index (χ4n) is 7.08. The largest absolute Gasteiger partial charge is 0.0622 e. The van der Waals surface area contributed by atoms with Gasteiger partial charge < -0.3 is 0 Å². The normalized spacial score (nSPS) is 11.5. The van der Waals surface area contributed by atoms with Crippen LogP contribution in [-0.4, -0.2) is 0 Å². The van der Waals surface area contributed by atoms with Crippen LogP contribution in [0, 0.1) is 0 Å². The van der Waals surface area contributed by atoms with E-state index in [9.17, 15) is 0 Å². The third-order valence-corrected chi connectivity index (χ3v) is 9.40. The van der Waals surface area contributed by atoms with Crippen molar-refractivity contribution in [2.75, 3.05) is 0 Å². The number of benzene rings is 9. The zero-order valence-electron chi connectivity index (χ0n) is 25.3. The van der Waals surface area contributed by atoms with E-state index in [1.165, 1.54) is 87.6 Å². The molecule has 0 fully saturated rings. The van der Waals surface area contributed by atoms with Gasteiger partial charge in [-0.3, -0.25) is 0 Å². The highest BCUT2D eigenvalue weighted by Gasteiger charge is 2.11. The molecule has 0 nitrogen and oxygen atoms in total. The fraction of sp³-hybridized carbons (Fsp3) is 0. The van der Waals surface area contributed by atoms with E-state index in [4.69, 9.17) is 0 Å². The Morgan fingerprint density at radius 2 is 0.522 bits per heavy atom. The Bertz CT molecular complexity index is 2470. The first-order valence-corrected chi connectivity index (χ1v) is 15.9. The van der Waals surface area contributed by atoms with Crippen LogP contribution in [0.15, 0.2) is 182 Å². The summed E-state index contributed by atoms with van der Waals surface area (Å²) in [4.78, 5) is 0. The number of hydrogen-bond acceptors (Lipinski definition) is 0. The molecule has 9 aromatic rings. The lowest BCUT2D eigenvalue weighted by atomic mass is 9.91. The first kappa shape index (κ1) is 26.4. The third-order valence-electron chi connectivity index (χ3n) is 9.40. The lowest BCUT2D eigenvalue weighted by Crippen LogP contribution is -1.87. The van der Waals surface area contributed by atoms with Gasteiger partial charge in [0.2, 0.25) is 0 Å². The third kappa shape index (κ3) is 4.55. The van der Waals surface area contributed by atoms with Crippen molar-refractivity contribution in [2.24, 2.45) is 0 Å². The molecule has 0 aromatic heterocycles. The minimum absolute atomic E-state index is 1.22. The van der Waals surface area contributed by atoms with Crippen LogP contribution < -0.4 is 0 Å². The van der Waals surface area contributed by atoms with Gasteiger partial charge in [0.15, 0.2) is 0 Å². The first-order valence-electron chi connectivity index (χ1n) is 15.9. The average molecular weight is 583 g/mol. The molecule has 46 heavy (non-hydrogen) atoms. The van der Waals surface area contributed by atoms with E-state index in [-0.39, 0.29) is 0 Å². The van der Waals surface area contributed by atoms with Crippen molar-refractivity contribution in [3.8, 4) is 44.5 Å². The molecule has 0 unspecified atom stereocenters. The second kappa shape index (κ2) is 10.9. The van der Waals surface area contributed by atoms with E-state index in [0.29, 0.717) is 0 Å². The topological polar surface area (TPSA) is 0 Å². The van der Waals surface area contributed by atoms with Crippen molar-refractivity contribution >= 4 is 43.1 Å². The van der Waals surface area contributed by atoms with E-state index in [2.05, 4.69) is 182 Å². The highest BCUT2D eigenvalue weighted by atomic mass is 14.2. The maximum Gasteiger partial charge on any atom is -0.00928 e. The molecule has 0 atom stereocenters. The van der Waals surface area contributed by atoms with E-state index in [1.54, 1.807) is 0 Å². The van der Waals surface area contributed by atoms with Gasteiger partial charge in [-0.15, -0.1) is 0 Å². The Balaban J connectivity index is 1.15. The van der Waals surface area contributed by atoms with Crippen LogP contribution in [0.5, 0.6) is 0 Å². The van der Waals surface area contributed by atoms with Gasteiger partial charge >= 0.3 is 0 Å². The molecule has 0 radical (unpaired) electrons. The molecule has 0 aliphatic rings. The summed E-state index contributed by atoms with van der Waals surface area (Å²) in [7, 11) is 0. The molecule has 0 saturated carbocycles. The van der Waals surface area contributed by atoms with Gasteiger partial charge in [-0.25, -0.2) is 0 Å². The van der Waals surface area contributed by atoms with Gasteiger partial charge in [0.1, 0.15) is 0 Å². The van der Waals surface area contributed by atoms with Crippen molar-refractivity contribution in [3.63, 3.8) is 0 Å². The summed E-state index contributed by atoms with van der Waals surface area (Å²) < 4.78 is 0. The summed E-state index contributed by atoms with van der Waals surface area (Å²) in [5.74, 6) is 0. The summed E-state index contributed by atoms with van der Waals surface area (Å²) in [5, 5.41) is 10.3. The lowest BCUT2D eigenvalue weighted by molar-refractivity contribution is 1.57. The maximum absolute atomic E-state index is 2.37. The predicted octanol–water partition coefficient (Wildman–Crippen LogP) is 13.0. The second-order valence-electron chi connectivity index (χ2n) is 12.2. The SMILES string of the molecule is c1ccc(-c2cc(-c3ccccc3)cc(-c3ccc4cc(-c5ccc6c7ccccc7c7ccccc7c6c5)ccc4c3)c2)cc1. The van der Waals surface area contributed by atoms with Crippen LogP contribution in [0.25, 0.3) is 87.6 Å². The van der Waals surface area contributed by atoms with Crippen molar-refractivity contribution in [2.45, 2.75) is 0 Å². The molecule has 0 aliphatic carbocycles. The second-order valence-corrected chi connectivity index (χ2v) is 12.2. The van der Waals surface area contributed by atoms with E-state index in [0.717, 1.165) is 0 Å². The quantitative estimate of drug-likeness (QED) is 0.181. The molecule has 0 bridgehead atoms. The molecular formula is C46H30. The Morgan fingerprint density at radius 1 is 0.174 bits per heavy atom. The molecule has 0 heterocycles. The molecule has 0 spiro atoms. The van der Waals surface area contributed by atoms with Crippen LogP contribution in [0.3, 0.4) is 0 Å². The van der Waals surface area contributed by atoms with Crippen LogP contribution >= 0.6 is 0 Å². The summed E-state index contributed by atoms with van der Waals surface area (Å²) in [6.45, 7) is 0. The minimum Gasteiger partial charge on any atom is -0.0622 e. The zero-order chi connectivity index (χ0) is 30.5. The van der Waals surface area contributed by atoms with E-state index in [1.807, 2.05) is 0 Å². The van der Waals surface area contributed by atoms with Gasteiger partial charge in [0.25, 0.3) is 0 Å². The van der Waals surface area contributed by atoms with Gasteiger partial charge in [-0.05, 0) is 124 Å². The van der Waals surface area contributed by atoms with Crippen molar-refractivity contribution < 1.29 is 0 Å². The average Bonchev–Trinajstić information content (AvgIpc) is 3.15. The van der Waals surface area contributed by atoms with Crippen molar-refractivity contribution in [1.82, 2.24) is 0 Å². The van der Waals surface area contributed by atoms with E-state index < -0.39 is 0 Å². The monoisotopic (exact) mass is 582 g/mol. The Kier molecular flexibility index (Phi) is 6.25. The summed E-state index contributed by atoms with van der Waals surface area (Å²) in [5.41, 5.74) is 9.82. The van der Waals surface area contributed by atoms with Crippen LogP contribution in [0.1, 0.15) is 0 Å². The first-order chi connectivity index (χ1) is 22.8. The number of rotatable bonds is 4. The van der Waals surface area contributed by atoms with Gasteiger partial charge in [0, 0.05) is 0 Å². The molecule has 0 N–H and O–H groups in total. The number of fused-ring (bicyclic) bond motifs is 7. The molecule has 0 heteroatoms. The standard InChI is InChI=1S/C46H30/c1-3-11-31(12-4-1)38-27-39(32-13-5-2-6-14-32)29-40(28-38)36-22-21-33-25-35(20-19-34(33)26-36)37-23-24-45-43-17-8-7-15-41(43)42-16-9-10-18-44(42)46(45)30-37/h1-30H. The fourth-order valence-corrected chi connectivity index (χ4v) is 7.08. The van der Waals surface area contributed by atoms with Crippen molar-refractivity contribution in [3.05, 3.63) is 182 Å². The predicted molar refractivity (Wildman–Crippen MR) is 198 cm³/mol. The smallest absolute Gasteiger partial charge is 0.00928 e. The van der Waals surface area contributed by atoms with Crippen molar-refractivity contribution in [1.29, 1.82) is 0 Å². The van der Waals surface area contributed by atoms with Crippen LogP contribution in [0.2, 0.25) is 0 Å². The van der Waals surface area contributed by atoms with E-state index >= 15 is 0 Å². The summed E-state index contributed by atoms with van der Waals surface area (Å²) >= 11 is 0.